The van der Waals surface area contributed by atoms with E-state index in [1.54, 1.807) is 0 Å². The summed E-state index contributed by atoms with van der Waals surface area (Å²) in [5.41, 5.74) is 2.01. The van der Waals surface area contributed by atoms with Gasteiger partial charge < -0.3 is 5.11 Å². The Kier molecular flexibility index (Phi) is 7.98. The van der Waals surface area contributed by atoms with E-state index in [-0.39, 0.29) is 19.0 Å². The van der Waals surface area contributed by atoms with Crippen LogP contribution in [0.3, 0.4) is 0 Å². The van der Waals surface area contributed by atoms with Crippen molar-refractivity contribution in [2.24, 2.45) is 0 Å². The minimum atomic E-state index is -0.596. The quantitative estimate of drug-likeness (QED) is 0.565. The number of carboxylic acid groups (broad SMARTS) is 1. The first kappa shape index (κ1) is 16.9. The lowest BCUT2D eigenvalue weighted by Crippen LogP contribution is -2.22. The molecular weight excluding hydrogens is 260 g/mol. The highest BCUT2D eigenvalue weighted by Crippen LogP contribution is 2.17. The van der Waals surface area contributed by atoms with Crippen molar-refractivity contribution in [3.8, 4) is 0 Å². The Hall–Kier alpha value is -0.139. The summed E-state index contributed by atoms with van der Waals surface area (Å²) < 4.78 is 0. The number of rotatable bonds is 7. The second-order valence-corrected chi connectivity index (χ2v) is 15.7. The Balaban J connectivity index is 5.14. The molecule has 0 aromatic rings. The smallest absolute Gasteiger partial charge is 0.325 e. The van der Waals surface area contributed by atoms with Crippen molar-refractivity contribution >= 4 is 34.5 Å². The first-order valence-electron chi connectivity index (χ1n) is 6.68. The summed E-state index contributed by atoms with van der Waals surface area (Å²) in [5.74, 6) is -0.596. The van der Waals surface area contributed by atoms with Crippen LogP contribution in [-0.4, -0.2) is 39.6 Å². The molecule has 0 atom stereocenters. The molecule has 17 heavy (non-hydrogen) atoms. The predicted molar refractivity (Wildman–Crippen MR) is 85.6 cm³/mol. The second-order valence-electron chi connectivity index (χ2n) is 6.18. The third kappa shape index (κ3) is 7.73. The van der Waals surface area contributed by atoms with Gasteiger partial charge in [-0.2, -0.15) is 0 Å². The molecule has 0 spiro atoms. The predicted octanol–water partition coefficient (Wildman–Crippen LogP) is 1.23. The zero-order chi connectivity index (χ0) is 13.6. The van der Waals surface area contributed by atoms with Gasteiger partial charge in [0.2, 0.25) is 0 Å². The molecule has 0 aromatic carbocycles. The molecule has 0 amide bonds. The molecular formula is C12H28O2Si3. The summed E-state index contributed by atoms with van der Waals surface area (Å²) in [4.78, 5) is 12.9. The van der Waals surface area contributed by atoms with E-state index in [1.807, 2.05) is 0 Å². The van der Waals surface area contributed by atoms with E-state index in [9.17, 15) is 9.90 Å². The molecule has 0 fully saturated rings. The van der Waals surface area contributed by atoms with Crippen molar-refractivity contribution in [2.75, 3.05) is 0 Å². The summed E-state index contributed by atoms with van der Waals surface area (Å²) in [5, 5.41) is 10.4. The molecule has 0 aromatic heterocycles. The van der Waals surface area contributed by atoms with E-state index in [0.717, 1.165) is 5.20 Å². The molecule has 0 radical (unpaired) electrons. The first-order chi connectivity index (χ1) is 7.73. The van der Waals surface area contributed by atoms with Gasteiger partial charge in [0.15, 0.2) is 0 Å². The Morgan fingerprint density at radius 2 is 1.18 bits per heavy atom. The van der Waals surface area contributed by atoms with Gasteiger partial charge >= 0.3 is 5.97 Å². The molecule has 0 unspecified atom stereocenters. The van der Waals surface area contributed by atoms with E-state index in [4.69, 9.17) is 0 Å². The highest BCUT2D eigenvalue weighted by Gasteiger charge is 2.18. The monoisotopic (exact) mass is 288 g/mol. The Labute approximate surface area is 113 Å². The molecule has 0 heterocycles. The topological polar surface area (TPSA) is 37.3 Å². The van der Waals surface area contributed by atoms with Gasteiger partial charge in [-0.15, -0.1) is 0 Å². The zero-order valence-corrected chi connectivity index (χ0v) is 16.5. The van der Waals surface area contributed by atoms with Gasteiger partial charge in [-0.05, 0) is 0 Å². The lowest BCUT2D eigenvalue weighted by atomic mass is 10.6. The molecule has 2 nitrogen and oxygen atoms in total. The van der Waals surface area contributed by atoms with Gasteiger partial charge in [0.1, 0.15) is 0 Å². The van der Waals surface area contributed by atoms with Crippen molar-refractivity contribution in [2.45, 2.75) is 58.2 Å². The molecule has 5 heteroatoms. The fraction of sp³-hybridized carbons (Fsp3) is 0.750. The van der Waals surface area contributed by atoms with E-state index in [0.29, 0.717) is 16.6 Å². The highest BCUT2D eigenvalue weighted by molar-refractivity contribution is 6.75. The number of hydrogen-bond donors (Lipinski definition) is 1. The van der Waals surface area contributed by atoms with E-state index >= 15 is 0 Å². The van der Waals surface area contributed by atoms with Crippen LogP contribution in [0.2, 0.25) is 16.6 Å². The first-order valence-corrected chi connectivity index (χ1v) is 11.2. The normalized spacial score (nSPS) is 13.5. The number of carbonyl (C=O) groups is 1. The fourth-order valence-electron chi connectivity index (χ4n) is 2.11. The maximum Gasteiger partial charge on any atom is 0.325 e. The molecule has 0 aliphatic rings. The maximum atomic E-state index is 11.5. The van der Waals surface area contributed by atoms with E-state index in [2.05, 4.69) is 41.5 Å². The van der Waals surface area contributed by atoms with Crippen LogP contribution in [0.4, 0.5) is 0 Å². The van der Waals surface area contributed by atoms with Crippen LogP contribution in [-0.2, 0) is 4.79 Å². The molecule has 0 saturated heterocycles. The molecule has 100 valence electrons. The Morgan fingerprint density at radius 1 is 0.824 bits per heavy atom. The van der Waals surface area contributed by atoms with Crippen LogP contribution in [0.1, 0.15) is 41.5 Å². The van der Waals surface area contributed by atoms with E-state index in [1.165, 1.54) is 4.82 Å². The van der Waals surface area contributed by atoms with Crippen molar-refractivity contribution in [3.63, 3.8) is 0 Å². The summed E-state index contributed by atoms with van der Waals surface area (Å²) in [6.45, 7) is 13.3. The molecule has 0 bridgehead atoms. The summed E-state index contributed by atoms with van der Waals surface area (Å²) in [7, 11) is -1.21. The maximum absolute atomic E-state index is 11.5. The molecule has 0 rings (SSSR count). The lowest BCUT2D eigenvalue weighted by molar-refractivity contribution is -0.131. The van der Waals surface area contributed by atoms with Crippen molar-refractivity contribution in [1.82, 2.24) is 0 Å². The molecule has 0 saturated carbocycles. The summed E-state index contributed by atoms with van der Waals surface area (Å²) in [6, 6.07) is 0. The summed E-state index contributed by atoms with van der Waals surface area (Å²) >= 11 is 0. The minimum Gasteiger partial charge on any atom is -0.478 e. The van der Waals surface area contributed by atoms with Crippen LogP contribution in [0.15, 0.2) is 10.0 Å². The number of carboxylic acids is 1. The van der Waals surface area contributed by atoms with Gasteiger partial charge in [-0.1, -0.05) is 63.0 Å². The number of hydrogen-bond acceptors (Lipinski definition) is 1. The molecule has 0 aliphatic carbocycles. The minimum absolute atomic E-state index is 0.321. The Morgan fingerprint density at radius 3 is 1.41 bits per heavy atom. The highest BCUT2D eigenvalue weighted by atomic mass is 28.3. The van der Waals surface area contributed by atoms with Gasteiger partial charge in [0.25, 0.3) is 0 Å². The van der Waals surface area contributed by atoms with Gasteiger partial charge in [-0.25, -0.2) is 4.79 Å². The van der Waals surface area contributed by atoms with Crippen LogP contribution < -0.4 is 0 Å². The largest absolute Gasteiger partial charge is 0.478 e. The third-order valence-electron chi connectivity index (χ3n) is 2.61. The van der Waals surface area contributed by atoms with Crippen LogP contribution in [0, 0.1) is 0 Å². The van der Waals surface area contributed by atoms with Gasteiger partial charge in [-0.3, -0.25) is 0 Å². The lowest BCUT2D eigenvalue weighted by Gasteiger charge is -2.17. The zero-order valence-electron chi connectivity index (χ0n) is 12.2. The van der Waals surface area contributed by atoms with Crippen LogP contribution >= 0.6 is 0 Å². The van der Waals surface area contributed by atoms with Crippen LogP contribution in [0.5, 0.6) is 0 Å². The van der Waals surface area contributed by atoms with Gasteiger partial charge in [0, 0.05) is 24.2 Å². The third-order valence-corrected chi connectivity index (χ3v) is 10.8. The standard InChI is InChI=1S/C12H28O2Si3/c1-7(2)15-10(11(13)14)12(16-8(3)4)17-9(5)6/h7-9H,15-17H2,1-6H3,(H,13,14). The average Bonchev–Trinajstić information content (AvgIpc) is 2.10. The molecule has 0 aliphatic heterocycles. The van der Waals surface area contributed by atoms with Crippen molar-refractivity contribution < 1.29 is 9.90 Å². The SMILES string of the molecule is CC(C)[SiH2]C([SiH2]C(C)C)=C([SiH2]C(C)C)C(=O)O. The molecule has 1 N–H and O–H groups in total. The second kappa shape index (κ2) is 8.05. The van der Waals surface area contributed by atoms with Crippen molar-refractivity contribution in [3.05, 3.63) is 10.0 Å². The van der Waals surface area contributed by atoms with Gasteiger partial charge in [0.05, 0.1) is 9.52 Å². The Bertz CT molecular complexity index is 271. The van der Waals surface area contributed by atoms with E-state index < -0.39 is 15.5 Å². The summed E-state index contributed by atoms with van der Waals surface area (Å²) in [6.07, 6.45) is 0. The van der Waals surface area contributed by atoms with Crippen LogP contribution in [0.25, 0.3) is 0 Å². The fourth-order valence-corrected chi connectivity index (χ4v) is 12.0. The number of aliphatic carboxylic acids is 1. The van der Waals surface area contributed by atoms with Crippen molar-refractivity contribution in [1.29, 1.82) is 0 Å². The average molecular weight is 289 g/mol.